The Morgan fingerprint density at radius 2 is 2.50 bits per heavy atom. The van der Waals surface area contributed by atoms with Crippen molar-refractivity contribution in [2.75, 3.05) is 26.8 Å². The van der Waals surface area contributed by atoms with Crippen molar-refractivity contribution in [2.45, 2.75) is 19.3 Å². The van der Waals surface area contributed by atoms with E-state index in [1.165, 1.54) is 12.0 Å². The SMILES string of the molecule is COCC(=O)N1CCCC(Cc2cccnc2)C1. The lowest BCUT2D eigenvalue weighted by molar-refractivity contribution is -0.136. The Kier molecular flexibility index (Phi) is 4.70. The molecule has 1 unspecified atom stereocenters. The first-order valence-electron chi connectivity index (χ1n) is 6.45. The first-order valence-corrected chi connectivity index (χ1v) is 6.45. The number of ether oxygens (including phenoxy) is 1. The maximum Gasteiger partial charge on any atom is 0.248 e. The summed E-state index contributed by atoms with van der Waals surface area (Å²) in [6.45, 7) is 1.91. The zero-order valence-electron chi connectivity index (χ0n) is 10.8. The fourth-order valence-electron chi connectivity index (χ4n) is 2.53. The molecule has 18 heavy (non-hydrogen) atoms. The number of likely N-dealkylation sites (tertiary alicyclic amines) is 1. The molecule has 2 heterocycles. The number of amides is 1. The normalized spacial score (nSPS) is 19.8. The highest BCUT2D eigenvalue weighted by atomic mass is 16.5. The van der Waals surface area contributed by atoms with E-state index < -0.39 is 0 Å². The van der Waals surface area contributed by atoms with Gasteiger partial charge in [-0.05, 0) is 36.8 Å². The molecule has 0 N–H and O–H groups in total. The van der Waals surface area contributed by atoms with Gasteiger partial charge in [-0.1, -0.05) is 6.07 Å². The second-order valence-corrected chi connectivity index (χ2v) is 4.85. The summed E-state index contributed by atoms with van der Waals surface area (Å²) in [5, 5.41) is 0. The maximum atomic E-state index is 11.8. The van der Waals surface area contributed by atoms with Crippen LogP contribution in [0, 0.1) is 5.92 Å². The molecule has 0 saturated carbocycles. The van der Waals surface area contributed by atoms with Crippen molar-refractivity contribution in [2.24, 2.45) is 5.92 Å². The van der Waals surface area contributed by atoms with Crippen LogP contribution < -0.4 is 0 Å². The predicted octanol–water partition coefficient (Wildman–Crippen LogP) is 1.51. The van der Waals surface area contributed by atoms with Crippen LogP contribution in [-0.4, -0.2) is 42.6 Å². The van der Waals surface area contributed by atoms with Crippen molar-refractivity contribution in [3.8, 4) is 0 Å². The fraction of sp³-hybridized carbons (Fsp3) is 0.571. The summed E-state index contributed by atoms with van der Waals surface area (Å²) in [4.78, 5) is 17.8. The van der Waals surface area contributed by atoms with Crippen LogP contribution in [0.5, 0.6) is 0 Å². The van der Waals surface area contributed by atoms with Gasteiger partial charge in [-0.2, -0.15) is 0 Å². The Balaban J connectivity index is 1.89. The summed E-state index contributed by atoms with van der Waals surface area (Å²) in [6, 6.07) is 4.06. The number of piperidine rings is 1. The molecule has 0 bridgehead atoms. The molecule has 0 radical (unpaired) electrons. The molecular formula is C14H20N2O2. The molecule has 1 aliphatic heterocycles. The van der Waals surface area contributed by atoms with E-state index in [4.69, 9.17) is 4.74 Å². The van der Waals surface area contributed by atoms with Gasteiger partial charge in [-0.25, -0.2) is 0 Å². The lowest BCUT2D eigenvalue weighted by Gasteiger charge is -2.32. The van der Waals surface area contributed by atoms with Crippen LogP contribution in [0.4, 0.5) is 0 Å². The first-order chi connectivity index (χ1) is 8.79. The Bertz CT molecular complexity index is 381. The van der Waals surface area contributed by atoms with Gasteiger partial charge in [0.05, 0.1) is 0 Å². The number of aromatic nitrogens is 1. The number of carbonyl (C=O) groups excluding carboxylic acids is 1. The fourth-order valence-corrected chi connectivity index (χ4v) is 2.53. The van der Waals surface area contributed by atoms with E-state index in [0.29, 0.717) is 5.92 Å². The standard InChI is InChI=1S/C14H20N2O2/c1-18-11-14(17)16-7-3-5-13(10-16)8-12-4-2-6-15-9-12/h2,4,6,9,13H,3,5,7-8,10-11H2,1H3. The average Bonchev–Trinajstić information content (AvgIpc) is 2.40. The summed E-state index contributed by atoms with van der Waals surface area (Å²) in [6.07, 6.45) is 6.98. The quantitative estimate of drug-likeness (QED) is 0.811. The Morgan fingerprint density at radius 1 is 1.61 bits per heavy atom. The smallest absolute Gasteiger partial charge is 0.248 e. The maximum absolute atomic E-state index is 11.8. The molecule has 2 rings (SSSR count). The van der Waals surface area contributed by atoms with Gasteiger partial charge in [0.15, 0.2) is 0 Å². The molecule has 0 aromatic carbocycles. The van der Waals surface area contributed by atoms with Gasteiger partial charge >= 0.3 is 0 Å². The third-order valence-electron chi connectivity index (χ3n) is 3.39. The van der Waals surface area contributed by atoms with Crippen molar-refractivity contribution in [1.82, 2.24) is 9.88 Å². The number of pyridine rings is 1. The van der Waals surface area contributed by atoms with Crippen LogP contribution in [-0.2, 0) is 16.0 Å². The van der Waals surface area contributed by atoms with E-state index in [-0.39, 0.29) is 12.5 Å². The minimum Gasteiger partial charge on any atom is -0.375 e. The monoisotopic (exact) mass is 248 g/mol. The predicted molar refractivity (Wildman–Crippen MR) is 69.1 cm³/mol. The van der Waals surface area contributed by atoms with Gasteiger partial charge in [-0.15, -0.1) is 0 Å². The molecule has 1 fully saturated rings. The van der Waals surface area contributed by atoms with Gasteiger partial charge in [0.2, 0.25) is 5.91 Å². The summed E-state index contributed by atoms with van der Waals surface area (Å²) in [5.74, 6) is 0.650. The van der Waals surface area contributed by atoms with E-state index in [1.807, 2.05) is 17.2 Å². The summed E-state index contributed by atoms with van der Waals surface area (Å²) in [7, 11) is 1.56. The van der Waals surface area contributed by atoms with E-state index in [9.17, 15) is 4.79 Å². The van der Waals surface area contributed by atoms with Crippen molar-refractivity contribution in [3.05, 3.63) is 30.1 Å². The van der Waals surface area contributed by atoms with E-state index in [1.54, 1.807) is 13.3 Å². The molecule has 0 aliphatic carbocycles. The molecular weight excluding hydrogens is 228 g/mol. The van der Waals surface area contributed by atoms with Crippen molar-refractivity contribution < 1.29 is 9.53 Å². The Hall–Kier alpha value is -1.42. The number of rotatable bonds is 4. The lowest BCUT2D eigenvalue weighted by atomic mass is 9.92. The van der Waals surface area contributed by atoms with Gasteiger partial charge in [0, 0.05) is 32.6 Å². The van der Waals surface area contributed by atoms with Gasteiger partial charge in [0.1, 0.15) is 6.61 Å². The zero-order chi connectivity index (χ0) is 12.8. The number of nitrogens with zero attached hydrogens (tertiary/aromatic N) is 2. The Labute approximate surface area is 108 Å². The van der Waals surface area contributed by atoms with Crippen LogP contribution in [0.25, 0.3) is 0 Å². The first kappa shape index (κ1) is 13.0. The molecule has 4 heteroatoms. The highest BCUT2D eigenvalue weighted by Crippen LogP contribution is 2.20. The molecule has 1 aromatic rings. The van der Waals surface area contributed by atoms with Crippen LogP contribution in [0.15, 0.2) is 24.5 Å². The minimum atomic E-state index is 0.105. The topological polar surface area (TPSA) is 42.4 Å². The van der Waals surface area contributed by atoms with E-state index in [2.05, 4.69) is 11.1 Å². The molecule has 1 amide bonds. The van der Waals surface area contributed by atoms with Crippen molar-refractivity contribution in [3.63, 3.8) is 0 Å². The third kappa shape index (κ3) is 3.53. The molecule has 4 nitrogen and oxygen atoms in total. The second kappa shape index (κ2) is 6.50. The third-order valence-corrected chi connectivity index (χ3v) is 3.39. The zero-order valence-corrected chi connectivity index (χ0v) is 10.8. The summed E-state index contributed by atoms with van der Waals surface area (Å²) >= 11 is 0. The minimum absolute atomic E-state index is 0.105. The molecule has 1 aromatic heterocycles. The molecule has 1 atom stereocenters. The van der Waals surface area contributed by atoms with Gasteiger partial charge in [-0.3, -0.25) is 9.78 Å². The van der Waals surface area contributed by atoms with E-state index in [0.717, 1.165) is 25.9 Å². The Morgan fingerprint density at radius 3 is 3.22 bits per heavy atom. The molecule has 0 spiro atoms. The second-order valence-electron chi connectivity index (χ2n) is 4.85. The van der Waals surface area contributed by atoms with Crippen molar-refractivity contribution >= 4 is 5.91 Å². The number of carbonyl (C=O) groups is 1. The highest BCUT2D eigenvalue weighted by molar-refractivity contribution is 5.77. The molecule has 98 valence electrons. The van der Waals surface area contributed by atoms with Gasteiger partial charge in [0.25, 0.3) is 0 Å². The highest BCUT2D eigenvalue weighted by Gasteiger charge is 2.23. The number of methoxy groups -OCH3 is 1. The number of hydrogen-bond donors (Lipinski definition) is 0. The summed E-state index contributed by atoms with van der Waals surface area (Å²) < 4.78 is 4.91. The molecule has 1 aliphatic rings. The molecule has 1 saturated heterocycles. The number of hydrogen-bond acceptors (Lipinski definition) is 3. The van der Waals surface area contributed by atoms with Crippen LogP contribution in [0.3, 0.4) is 0 Å². The van der Waals surface area contributed by atoms with Crippen LogP contribution in [0.2, 0.25) is 0 Å². The lowest BCUT2D eigenvalue weighted by Crippen LogP contribution is -2.42. The van der Waals surface area contributed by atoms with E-state index >= 15 is 0 Å². The summed E-state index contributed by atoms with van der Waals surface area (Å²) in [5.41, 5.74) is 1.25. The van der Waals surface area contributed by atoms with Crippen molar-refractivity contribution in [1.29, 1.82) is 0 Å². The largest absolute Gasteiger partial charge is 0.375 e. The average molecular weight is 248 g/mol. The van der Waals surface area contributed by atoms with Crippen LogP contribution >= 0.6 is 0 Å². The van der Waals surface area contributed by atoms with Crippen LogP contribution in [0.1, 0.15) is 18.4 Å². The van der Waals surface area contributed by atoms with Gasteiger partial charge < -0.3 is 9.64 Å².